The van der Waals surface area contributed by atoms with Crippen LogP contribution in [-0.4, -0.2) is 69.3 Å². The van der Waals surface area contributed by atoms with Crippen LogP contribution in [0.1, 0.15) is 39.0 Å². The van der Waals surface area contributed by atoms with E-state index in [4.69, 9.17) is 4.74 Å². The molecule has 0 radical (unpaired) electrons. The van der Waals surface area contributed by atoms with Gasteiger partial charge in [-0.2, -0.15) is 0 Å². The van der Waals surface area contributed by atoms with E-state index in [-0.39, 0.29) is 11.2 Å². The number of ether oxygens (including phenoxy) is 1. The summed E-state index contributed by atoms with van der Waals surface area (Å²) in [6, 6.07) is 0.774. The number of methoxy groups -OCH3 is 1. The van der Waals surface area contributed by atoms with Gasteiger partial charge in [0.2, 0.25) is 10.0 Å². The number of hydrogen-bond donors (Lipinski definition) is 0. The van der Waals surface area contributed by atoms with Crippen molar-refractivity contribution in [2.75, 3.05) is 45.6 Å². The summed E-state index contributed by atoms with van der Waals surface area (Å²) in [5.74, 6) is 0.778. The highest BCUT2D eigenvalue weighted by atomic mass is 32.2. The van der Waals surface area contributed by atoms with Crippen molar-refractivity contribution < 1.29 is 13.2 Å². The first kappa shape index (κ1) is 16.7. The SMILES string of the molecule is CCS(=O)(=O)N1CCC2(CC1)CN(C1CCC1)CC2COC. The van der Waals surface area contributed by atoms with Crippen LogP contribution >= 0.6 is 0 Å². The Balaban J connectivity index is 1.68. The van der Waals surface area contributed by atoms with E-state index in [0.717, 1.165) is 38.6 Å². The minimum Gasteiger partial charge on any atom is -0.384 e. The van der Waals surface area contributed by atoms with E-state index in [9.17, 15) is 8.42 Å². The molecule has 0 N–H and O–H groups in total. The number of hydrogen-bond acceptors (Lipinski definition) is 4. The van der Waals surface area contributed by atoms with Crippen LogP contribution in [0.25, 0.3) is 0 Å². The summed E-state index contributed by atoms with van der Waals surface area (Å²) in [6.45, 7) is 6.21. The van der Waals surface area contributed by atoms with Crippen molar-refractivity contribution in [3.63, 3.8) is 0 Å². The van der Waals surface area contributed by atoms with Crippen LogP contribution in [0.3, 0.4) is 0 Å². The first-order chi connectivity index (χ1) is 10.5. The van der Waals surface area contributed by atoms with Crippen LogP contribution in [0.2, 0.25) is 0 Å². The van der Waals surface area contributed by atoms with Crippen LogP contribution in [0, 0.1) is 11.3 Å². The van der Waals surface area contributed by atoms with Gasteiger partial charge in [-0.15, -0.1) is 0 Å². The maximum atomic E-state index is 12.1. The van der Waals surface area contributed by atoms with Crippen LogP contribution < -0.4 is 0 Å². The Hall–Kier alpha value is -0.170. The minimum atomic E-state index is -3.03. The first-order valence-electron chi connectivity index (χ1n) is 8.71. The second-order valence-corrected chi connectivity index (χ2v) is 9.59. The molecule has 5 nitrogen and oxygen atoms in total. The highest BCUT2D eigenvalue weighted by Crippen LogP contribution is 2.47. The van der Waals surface area contributed by atoms with Crippen molar-refractivity contribution in [3.8, 4) is 0 Å². The molecule has 22 heavy (non-hydrogen) atoms. The summed E-state index contributed by atoms with van der Waals surface area (Å²) in [4.78, 5) is 2.66. The van der Waals surface area contributed by atoms with Gasteiger partial charge in [0.1, 0.15) is 0 Å². The topological polar surface area (TPSA) is 49.9 Å². The molecule has 3 rings (SSSR count). The summed E-state index contributed by atoms with van der Waals surface area (Å²) >= 11 is 0. The molecule has 1 saturated carbocycles. The fourth-order valence-corrected chi connectivity index (χ4v) is 5.60. The quantitative estimate of drug-likeness (QED) is 0.767. The summed E-state index contributed by atoms with van der Waals surface area (Å²) < 4.78 is 31.4. The lowest BCUT2D eigenvalue weighted by Crippen LogP contribution is -2.48. The molecule has 1 spiro atoms. The highest BCUT2D eigenvalue weighted by Gasteiger charge is 2.50. The molecule has 1 unspecified atom stereocenters. The van der Waals surface area contributed by atoms with E-state index in [1.54, 1.807) is 18.3 Å². The average Bonchev–Trinajstić information content (AvgIpc) is 2.76. The van der Waals surface area contributed by atoms with Gasteiger partial charge in [-0.25, -0.2) is 12.7 Å². The van der Waals surface area contributed by atoms with Crippen molar-refractivity contribution in [1.29, 1.82) is 0 Å². The molecule has 128 valence electrons. The van der Waals surface area contributed by atoms with Crippen molar-refractivity contribution in [2.45, 2.75) is 45.1 Å². The maximum Gasteiger partial charge on any atom is 0.213 e. The number of sulfonamides is 1. The Kier molecular flexibility index (Phi) is 4.84. The van der Waals surface area contributed by atoms with E-state index in [1.807, 2.05) is 0 Å². The van der Waals surface area contributed by atoms with Gasteiger partial charge in [0.15, 0.2) is 0 Å². The maximum absolute atomic E-state index is 12.1. The van der Waals surface area contributed by atoms with Crippen molar-refractivity contribution in [1.82, 2.24) is 9.21 Å². The summed E-state index contributed by atoms with van der Waals surface area (Å²) in [5, 5.41) is 0. The molecule has 0 aromatic rings. The third-order valence-corrected chi connectivity index (χ3v) is 8.16. The summed E-state index contributed by atoms with van der Waals surface area (Å²) in [5.41, 5.74) is 0.269. The first-order valence-corrected chi connectivity index (χ1v) is 10.3. The predicted molar refractivity (Wildman–Crippen MR) is 87.3 cm³/mol. The number of rotatable bonds is 5. The molecular weight excluding hydrogens is 300 g/mol. The largest absolute Gasteiger partial charge is 0.384 e. The number of likely N-dealkylation sites (tertiary alicyclic amines) is 1. The van der Waals surface area contributed by atoms with Crippen LogP contribution in [0.4, 0.5) is 0 Å². The Bertz CT molecular complexity index is 482. The predicted octanol–water partition coefficient (Wildman–Crippen LogP) is 1.55. The van der Waals surface area contributed by atoms with E-state index in [1.165, 1.54) is 19.3 Å². The number of piperidine rings is 1. The second-order valence-electron chi connectivity index (χ2n) is 7.33. The monoisotopic (exact) mass is 330 g/mol. The van der Waals surface area contributed by atoms with E-state index in [0.29, 0.717) is 19.0 Å². The Morgan fingerprint density at radius 3 is 2.41 bits per heavy atom. The molecule has 3 fully saturated rings. The fraction of sp³-hybridized carbons (Fsp3) is 1.00. The van der Waals surface area contributed by atoms with Gasteiger partial charge in [-0.1, -0.05) is 6.42 Å². The lowest BCUT2D eigenvalue weighted by Gasteiger charge is -2.42. The van der Waals surface area contributed by atoms with Gasteiger partial charge in [-0.3, -0.25) is 4.90 Å². The molecule has 2 saturated heterocycles. The van der Waals surface area contributed by atoms with E-state index < -0.39 is 10.0 Å². The zero-order valence-corrected chi connectivity index (χ0v) is 14.8. The molecular formula is C16H30N2O3S. The third-order valence-electron chi connectivity index (χ3n) is 6.27. The molecule has 6 heteroatoms. The lowest BCUT2D eigenvalue weighted by atomic mass is 9.71. The van der Waals surface area contributed by atoms with Crippen molar-refractivity contribution in [3.05, 3.63) is 0 Å². The van der Waals surface area contributed by atoms with Gasteiger partial charge < -0.3 is 4.74 Å². The van der Waals surface area contributed by atoms with Gasteiger partial charge in [0.25, 0.3) is 0 Å². The van der Waals surface area contributed by atoms with Gasteiger partial charge >= 0.3 is 0 Å². The summed E-state index contributed by atoms with van der Waals surface area (Å²) in [6.07, 6.45) is 6.02. The third kappa shape index (κ3) is 2.95. The van der Waals surface area contributed by atoms with Gasteiger partial charge in [0.05, 0.1) is 12.4 Å². The van der Waals surface area contributed by atoms with Crippen LogP contribution in [0.15, 0.2) is 0 Å². The van der Waals surface area contributed by atoms with Gasteiger partial charge in [0, 0.05) is 45.2 Å². The zero-order valence-electron chi connectivity index (χ0n) is 14.0. The second kappa shape index (κ2) is 6.38. The zero-order chi connectivity index (χ0) is 15.8. The molecule has 2 heterocycles. The van der Waals surface area contributed by atoms with Crippen LogP contribution in [0.5, 0.6) is 0 Å². The van der Waals surface area contributed by atoms with Crippen molar-refractivity contribution >= 4 is 10.0 Å². The Labute approximate surface area is 135 Å². The molecule has 0 aromatic carbocycles. The normalized spacial score (nSPS) is 30.7. The molecule has 0 amide bonds. The molecule has 0 bridgehead atoms. The lowest BCUT2D eigenvalue weighted by molar-refractivity contribution is 0.0557. The number of nitrogens with zero attached hydrogens (tertiary/aromatic N) is 2. The highest BCUT2D eigenvalue weighted by molar-refractivity contribution is 7.89. The van der Waals surface area contributed by atoms with Crippen LogP contribution in [-0.2, 0) is 14.8 Å². The summed E-state index contributed by atoms with van der Waals surface area (Å²) in [7, 11) is -1.24. The standard InChI is InChI=1S/C16H30N2O3S/c1-3-22(19,20)18-9-7-16(8-10-18)13-17(15-5-4-6-15)11-14(16)12-21-2/h14-15H,3-13H2,1-2H3. The average molecular weight is 330 g/mol. The molecule has 0 aromatic heterocycles. The minimum absolute atomic E-state index is 0.218. The molecule has 2 aliphatic heterocycles. The fourth-order valence-electron chi connectivity index (χ4n) is 4.49. The Morgan fingerprint density at radius 2 is 1.91 bits per heavy atom. The van der Waals surface area contributed by atoms with E-state index in [2.05, 4.69) is 4.90 Å². The molecule has 3 aliphatic rings. The van der Waals surface area contributed by atoms with Gasteiger partial charge in [-0.05, 0) is 38.0 Å². The molecule has 1 aliphatic carbocycles. The van der Waals surface area contributed by atoms with E-state index >= 15 is 0 Å². The molecule has 1 atom stereocenters. The van der Waals surface area contributed by atoms with Crippen molar-refractivity contribution in [2.24, 2.45) is 11.3 Å². The smallest absolute Gasteiger partial charge is 0.213 e. The Morgan fingerprint density at radius 1 is 1.23 bits per heavy atom.